The van der Waals surface area contributed by atoms with Crippen LogP contribution in [0, 0.1) is 0 Å². The standard InChI is InChI=1S/C19H15N5/c1-2-4-16-14(3-1)9-22-19(16)13-5-6-21-18(7-13)24-10-15-8-20-12-23-17(15)11-24/h1-8,12H,9-11H2. The van der Waals surface area contributed by atoms with Gasteiger partial charge in [-0.05, 0) is 17.7 Å². The number of aromatic nitrogens is 3. The molecule has 0 radical (unpaired) electrons. The molecule has 2 aliphatic heterocycles. The fourth-order valence-corrected chi connectivity index (χ4v) is 3.39. The molecule has 0 unspecified atom stereocenters. The van der Waals surface area contributed by atoms with E-state index in [0.29, 0.717) is 0 Å². The molecule has 0 fully saturated rings. The van der Waals surface area contributed by atoms with Gasteiger partial charge in [0.2, 0.25) is 0 Å². The second-order valence-electron chi connectivity index (χ2n) is 6.08. The fraction of sp³-hybridized carbons (Fsp3) is 0.158. The van der Waals surface area contributed by atoms with Crippen molar-refractivity contribution >= 4 is 11.5 Å². The maximum absolute atomic E-state index is 4.73. The highest BCUT2D eigenvalue weighted by Crippen LogP contribution is 2.28. The van der Waals surface area contributed by atoms with Gasteiger partial charge in [0.15, 0.2) is 0 Å². The van der Waals surface area contributed by atoms with Gasteiger partial charge in [0.1, 0.15) is 12.1 Å². The molecule has 2 aliphatic rings. The lowest BCUT2D eigenvalue weighted by molar-refractivity contribution is 0.848. The van der Waals surface area contributed by atoms with Gasteiger partial charge in [-0.1, -0.05) is 24.3 Å². The Morgan fingerprint density at radius 2 is 1.92 bits per heavy atom. The van der Waals surface area contributed by atoms with Crippen molar-refractivity contribution in [3.8, 4) is 0 Å². The molecular formula is C19H15N5. The summed E-state index contributed by atoms with van der Waals surface area (Å²) in [7, 11) is 0. The topological polar surface area (TPSA) is 54.3 Å². The van der Waals surface area contributed by atoms with E-state index < -0.39 is 0 Å². The van der Waals surface area contributed by atoms with Gasteiger partial charge in [0, 0.05) is 35.6 Å². The van der Waals surface area contributed by atoms with E-state index in [0.717, 1.165) is 42.4 Å². The zero-order chi connectivity index (χ0) is 15.9. The Bertz CT molecular complexity index is 938. The molecule has 0 spiro atoms. The Kier molecular flexibility index (Phi) is 2.91. The quantitative estimate of drug-likeness (QED) is 0.730. The number of rotatable bonds is 2. The number of hydrogen-bond acceptors (Lipinski definition) is 5. The molecule has 2 aromatic heterocycles. The van der Waals surface area contributed by atoms with E-state index in [1.54, 1.807) is 6.33 Å². The van der Waals surface area contributed by atoms with Crippen LogP contribution >= 0.6 is 0 Å². The minimum atomic E-state index is 0.758. The average Bonchev–Trinajstić information content (AvgIpc) is 3.26. The lowest BCUT2D eigenvalue weighted by atomic mass is 10.0. The third kappa shape index (κ3) is 2.09. The largest absolute Gasteiger partial charge is 0.346 e. The molecule has 0 saturated heterocycles. The second kappa shape index (κ2) is 5.23. The minimum Gasteiger partial charge on any atom is -0.346 e. The Labute approximate surface area is 139 Å². The number of hydrogen-bond donors (Lipinski definition) is 0. The normalized spacial score (nSPS) is 15.2. The van der Waals surface area contributed by atoms with Gasteiger partial charge < -0.3 is 4.90 Å². The zero-order valence-corrected chi connectivity index (χ0v) is 13.1. The van der Waals surface area contributed by atoms with E-state index in [4.69, 9.17) is 4.99 Å². The van der Waals surface area contributed by atoms with Crippen LogP contribution in [0.5, 0.6) is 0 Å². The number of aliphatic imine (C=N–C) groups is 1. The first-order valence-electron chi connectivity index (χ1n) is 8.00. The van der Waals surface area contributed by atoms with Crippen LogP contribution < -0.4 is 4.90 Å². The Morgan fingerprint density at radius 3 is 2.88 bits per heavy atom. The van der Waals surface area contributed by atoms with Gasteiger partial charge in [-0.15, -0.1) is 0 Å². The van der Waals surface area contributed by atoms with Gasteiger partial charge in [0.05, 0.1) is 24.5 Å². The van der Waals surface area contributed by atoms with Gasteiger partial charge in [-0.25, -0.2) is 15.0 Å². The van der Waals surface area contributed by atoms with Crippen LogP contribution in [0.25, 0.3) is 0 Å². The Hall–Kier alpha value is -3.08. The van der Waals surface area contributed by atoms with E-state index in [2.05, 4.69) is 50.2 Å². The maximum Gasteiger partial charge on any atom is 0.129 e. The van der Waals surface area contributed by atoms with Gasteiger partial charge in [-0.3, -0.25) is 4.99 Å². The van der Waals surface area contributed by atoms with Crippen molar-refractivity contribution in [2.75, 3.05) is 4.90 Å². The zero-order valence-electron chi connectivity index (χ0n) is 13.1. The fourth-order valence-electron chi connectivity index (χ4n) is 3.39. The molecule has 0 N–H and O–H groups in total. The van der Waals surface area contributed by atoms with Crippen LogP contribution in [-0.4, -0.2) is 20.7 Å². The highest BCUT2D eigenvalue weighted by Gasteiger charge is 2.23. The Morgan fingerprint density at radius 1 is 0.958 bits per heavy atom. The second-order valence-corrected chi connectivity index (χ2v) is 6.08. The van der Waals surface area contributed by atoms with Gasteiger partial charge in [-0.2, -0.15) is 0 Å². The molecule has 0 amide bonds. The first-order chi connectivity index (χ1) is 11.9. The molecule has 0 saturated carbocycles. The van der Waals surface area contributed by atoms with Crippen LogP contribution in [0.15, 0.2) is 60.1 Å². The summed E-state index contributed by atoms with van der Waals surface area (Å²) in [5.74, 6) is 0.956. The van der Waals surface area contributed by atoms with Crippen LogP contribution in [-0.2, 0) is 19.6 Å². The van der Waals surface area contributed by atoms with E-state index in [-0.39, 0.29) is 0 Å². The van der Waals surface area contributed by atoms with Crippen molar-refractivity contribution in [1.82, 2.24) is 15.0 Å². The smallest absolute Gasteiger partial charge is 0.129 e. The molecule has 0 bridgehead atoms. The van der Waals surface area contributed by atoms with Gasteiger partial charge >= 0.3 is 0 Å². The third-order valence-corrected chi connectivity index (χ3v) is 4.61. The predicted molar refractivity (Wildman–Crippen MR) is 91.9 cm³/mol. The monoisotopic (exact) mass is 313 g/mol. The minimum absolute atomic E-state index is 0.758. The number of nitrogens with zero attached hydrogens (tertiary/aromatic N) is 5. The van der Waals surface area contributed by atoms with Crippen LogP contribution in [0.3, 0.4) is 0 Å². The molecule has 5 rings (SSSR count). The summed E-state index contributed by atoms with van der Waals surface area (Å²) in [4.78, 5) is 20.0. The molecule has 5 heteroatoms. The summed E-state index contributed by atoms with van der Waals surface area (Å²) in [5.41, 5.74) is 6.95. The molecule has 3 aromatic rings. The molecule has 0 atom stereocenters. The van der Waals surface area contributed by atoms with Crippen molar-refractivity contribution in [2.24, 2.45) is 4.99 Å². The highest BCUT2D eigenvalue weighted by atomic mass is 15.2. The molecule has 5 nitrogen and oxygen atoms in total. The lowest BCUT2D eigenvalue weighted by Crippen LogP contribution is -2.16. The molecular weight excluding hydrogens is 298 g/mol. The van der Waals surface area contributed by atoms with E-state index in [9.17, 15) is 0 Å². The highest BCUT2D eigenvalue weighted by molar-refractivity contribution is 6.15. The van der Waals surface area contributed by atoms with E-state index in [1.807, 2.05) is 18.5 Å². The summed E-state index contributed by atoms with van der Waals surface area (Å²) in [6, 6.07) is 12.6. The number of pyridine rings is 1. The number of fused-ring (bicyclic) bond motifs is 2. The van der Waals surface area contributed by atoms with E-state index in [1.165, 1.54) is 16.7 Å². The van der Waals surface area contributed by atoms with Crippen molar-refractivity contribution in [1.29, 1.82) is 0 Å². The first kappa shape index (κ1) is 13.4. The van der Waals surface area contributed by atoms with Crippen molar-refractivity contribution < 1.29 is 0 Å². The molecule has 0 aliphatic carbocycles. The molecule has 24 heavy (non-hydrogen) atoms. The predicted octanol–water partition coefficient (Wildman–Crippen LogP) is 2.74. The van der Waals surface area contributed by atoms with E-state index >= 15 is 0 Å². The number of benzene rings is 1. The van der Waals surface area contributed by atoms with Crippen molar-refractivity contribution in [3.05, 3.63) is 83.1 Å². The molecule has 116 valence electrons. The Balaban J connectivity index is 1.49. The summed E-state index contributed by atoms with van der Waals surface area (Å²) < 4.78 is 0. The maximum atomic E-state index is 4.73. The van der Waals surface area contributed by atoms with Crippen molar-refractivity contribution in [2.45, 2.75) is 19.6 Å². The molecule has 1 aromatic carbocycles. The summed E-state index contributed by atoms with van der Waals surface area (Å²) in [6.07, 6.45) is 5.36. The summed E-state index contributed by atoms with van der Waals surface area (Å²) in [5, 5.41) is 0. The van der Waals surface area contributed by atoms with Crippen molar-refractivity contribution in [3.63, 3.8) is 0 Å². The average molecular weight is 313 g/mol. The van der Waals surface area contributed by atoms with Crippen LogP contribution in [0.2, 0.25) is 0 Å². The summed E-state index contributed by atoms with van der Waals surface area (Å²) >= 11 is 0. The lowest BCUT2D eigenvalue weighted by Gasteiger charge is -2.17. The van der Waals surface area contributed by atoms with Crippen LogP contribution in [0.4, 0.5) is 5.82 Å². The SMILES string of the molecule is c1ccc2c(c1)CN=C2c1ccnc(N2Cc3cncnc3C2)c1. The van der Waals surface area contributed by atoms with Crippen LogP contribution in [0.1, 0.15) is 27.9 Å². The third-order valence-electron chi connectivity index (χ3n) is 4.61. The first-order valence-corrected chi connectivity index (χ1v) is 8.00. The van der Waals surface area contributed by atoms with Gasteiger partial charge in [0.25, 0.3) is 0 Å². The summed E-state index contributed by atoms with van der Waals surface area (Å²) in [6.45, 7) is 2.33. The molecule has 4 heterocycles. The number of anilines is 1.